The van der Waals surface area contributed by atoms with Crippen molar-refractivity contribution in [3.8, 4) is 0 Å². The van der Waals surface area contributed by atoms with Crippen molar-refractivity contribution < 1.29 is 9.59 Å². The van der Waals surface area contributed by atoms with Gasteiger partial charge in [-0.3, -0.25) is 9.59 Å². The molecule has 0 saturated heterocycles. The van der Waals surface area contributed by atoms with Crippen LogP contribution in [0.25, 0.3) is 0 Å². The molecule has 5 nitrogen and oxygen atoms in total. The highest BCUT2D eigenvalue weighted by Gasteiger charge is 2.06. The Morgan fingerprint density at radius 1 is 1.25 bits per heavy atom. The zero-order valence-electron chi connectivity index (χ0n) is 11.2. The van der Waals surface area contributed by atoms with E-state index in [-0.39, 0.29) is 43.1 Å². The maximum atomic E-state index is 11.6. The average Bonchev–Trinajstić information content (AvgIpc) is 2.31. The quantitative estimate of drug-likeness (QED) is 0.722. The average molecular weight is 365 g/mol. The maximum Gasteiger partial charge on any atom is 0.226 e. The largest absolute Gasteiger partial charge is 0.356 e. The minimum absolute atomic E-state index is 0. The second kappa shape index (κ2) is 9.74. The van der Waals surface area contributed by atoms with E-state index in [4.69, 9.17) is 5.73 Å². The fourth-order valence-electron chi connectivity index (χ4n) is 1.44. The standard InChI is InChI=1S/C13H18BrN3O2.ClH/c1-9(15)8-13(19)16-7-6-12(18)17-11-4-2-10(14)3-5-11;/h2-5,9H,6-8,15H2,1H3,(H,16,19)(H,17,18);1H. The number of hydrogen-bond donors (Lipinski definition) is 3. The molecule has 1 aromatic carbocycles. The van der Waals surface area contributed by atoms with Crippen LogP contribution in [0.5, 0.6) is 0 Å². The van der Waals surface area contributed by atoms with E-state index in [0.29, 0.717) is 6.54 Å². The van der Waals surface area contributed by atoms with Crippen molar-refractivity contribution in [1.29, 1.82) is 0 Å². The number of halogens is 2. The molecule has 0 radical (unpaired) electrons. The van der Waals surface area contributed by atoms with E-state index >= 15 is 0 Å². The van der Waals surface area contributed by atoms with Gasteiger partial charge >= 0.3 is 0 Å². The van der Waals surface area contributed by atoms with Crippen molar-refractivity contribution in [3.05, 3.63) is 28.7 Å². The highest BCUT2D eigenvalue weighted by Crippen LogP contribution is 2.14. The van der Waals surface area contributed by atoms with Gasteiger partial charge in [-0.15, -0.1) is 12.4 Å². The van der Waals surface area contributed by atoms with Crippen molar-refractivity contribution in [2.24, 2.45) is 5.73 Å². The predicted octanol–water partition coefficient (Wildman–Crippen LogP) is 2.05. The molecule has 1 unspecified atom stereocenters. The van der Waals surface area contributed by atoms with Crippen LogP contribution in [-0.2, 0) is 9.59 Å². The molecule has 0 aliphatic heterocycles. The van der Waals surface area contributed by atoms with Crippen molar-refractivity contribution in [2.75, 3.05) is 11.9 Å². The Morgan fingerprint density at radius 3 is 2.40 bits per heavy atom. The molecule has 1 rings (SSSR count). The lowest BCUT2D eigenvalue weighted by Gasteiger charge is -2.08. The first-order valence-electron chi connectivity index (χ1n) is 6.05. The van der Waals surface area contributed by atoms with E-state index in [2.05, 4.69) is 26.6 Å². The van der Waals surface area contributed by atoms with Crippen LogP contribution in [0.15, 0.2) is 28.7 Å². The molecule has 20 heavy (non-hydrogen) atoms. The molecule has 1 atom stereocenters. The predicted molar refractivity (Wildman–Crippen MR) is 85.9 cm³/mol. The van der Waals surface area contributed by atoms with Crippen molar-refractivity contribution in [1.82, 2.24) is 5.32 Å². The van der Waals surface area contributed by atoms with Gasteiger partial charge < -0.3 is 16.4 Å². The van der Waals surface area contributed by atoms with Crippen molar-refractivity contribution in [2.45, 2.75) is 25.8 Å². The van der Waals surface area contributed by atoms with Gasteiger partial charge in [0.2, 0.25) is 11.8 Å². The first-order valence-corrected chi connectivity index (χ1v) is 6.84. The third-order valence-electron chi connectivity index (χ3n) is 2.31. The molecular formula is C13H19BrClN3O2. The van der Waals surface area contributed by atoms with Gasteiger partial charge in [-0.25, -0.2) is 0 Å². The first kappa shape index (κ1) is 18.9. The first-order chi connectivity index (χ1) is 8.97. The van der Waals surface area contributed by atoms with Crippen LogP contribution in [0, 0.1) is 0 Å². The summed E-state index contributed by atoms with van der Waals surface area (Å²) >= 11 is 3.32. The van der Waals surface area contributed by atoms with Gasteiger partial charge in [0.05, 0.1) is 0 Å². The maximum absolute atomic E-state index is 11.6. The van der Waals surface area contributed by atoms with Crippen molar-refractivity contribution in [3.63, 3.8) is 0 Å². The smallest absolute Gasteiger partial charge is 0.226 e. The van der Waals surface area contributed by atoms with Crippen LogP contribution in [0.4, 0.5) is 5.69 Å². The van der Waals surface area contributed by atoms with Crippen LogP contribution in [0.1, 0.15) is 19.8 Å². The molecule has 0 fully saturated rings. The molecule has 112 valence electrons. The Morgan fingerprint density at radius 2 is 1.85 bits per heavy atom. The topological polar surface area (TPSA) is 84.2 Å². The van der Waals surface area contributed by atoms with E-state index in [1.807, 2.05) is 12.1 Å². The van der Waals surface area contributed by atoms with E-state index in [0.717, 1.165) is 10.2 Å². The van der Waals surface area contributed by atoms with E-state index < -0.39 is 0 Å². The van der Waals surface area contributed by atoms with Gasteiger partial charge in [0.25, 0.3) is 0 Å². The van der Waals surface area contributed by atoms with E-state index in [9.17, 15) is 9.59 Å². The Labute approximate surface area is 133 Å². The van der Waals surface area contributed by atoms with Gasteiger partial charge in [0, 0.05) is 35.6 Å². The number of carbonyl (C=O) groups excluding carboxylic acids is 2. The molecule has 7 heteroatoms. The number of amides is 2. The minimum Gasteiger partial charge on any atom is -0.356 e. The molecule has 0 aromatic heterocycles. The van der Waals surface area contributed by atoms with Gasteiger partial charge in [-0.05, 0) is 31.2 Å². The zero-order valence-corrected chi connectivity index (χ0v) is 13.6. The normalized spacial score (nSPS) is 11.2. The fourth-order valence-corrected chi connectivity index (χ4v) is 1.70. The lowest BCUT2D eigenvalue weighted by molar-refractivity contribution is -0.121. The molecule has 0 spiro atoms. The summed E-state index contributed by atoms with van der Waals surface area (Å²) < 4.78 is 0.952. The van der Waals surface area contributed by atoms with Crippen LogP contribution in [0.3, 0.4) is 0 Å². The SMILES string of the molecule is CC(N)CC(=O)NCCC(=O)Nc1ccc(Br)cc1.Cl. The Bertz CT molecular complexity index is 438. The zero-order chi connectivity index (χ0) is 14.3. The highest BCUT2D eigenvalue weighted by molar-refractivity contribution is 9.10. The molecule has 0 aliphatic rings. The minimum atomic E-state index is -0.170. The van der Waals surface area contributed by atoms with Crippen LogP contribution in [-0.4, -0.2) is 24.4 Å². The van der Waals surface area contributed by atoms with Crippen molar-refractivity contribution >= 4 is 45.8 Å². The summed E-state index contributed by atoms with van der Waals surface area (Å²) in [5.74, 6) is -0.269. The Kier molecular flexibility index (Phi) is 9.20. The summed E-state index contributed by atoms with van der Waals surface area (Å²) in [6.45, 7) is 2.08. The van der Waals surface area contributed by atoms with E-state index in [1.54, 1.807) is 19.1 Å². The summed E-state index contributed by atoms with van der Waals surface area (Å²) in [5.41, 5.74) is 6.23. The second-order valence-corrected chi connectivity index (χ2v) is 5.25. The summed E-state index contributed by atoms with van der Waals surface area (Å²) in [7, 11) is 0. The van der Waals surface area contributed by atoms with Crippen LogP contribution >= 0.6 is 28.3 Å². The molecule has 0 saturated carbocycles. The third kappa shape index (κ3) is 8.14. The fraction of sp³-hybridized carbons (Fsp3) is 0.385. The van der Waals surface area contributed by atoms with Crippen LogP contribution in [0.2, 0.25) is 0 Å². The summed E-state index contributed by atoms with van der Waals surface area (Å²) in [4.78, 5) is 22.9. The van der Waals surface area contributed by atoms with Crippen LogP contribution < -0.4 is 16.4 Å². The number of nitrogens with one attached hydrogen (secondary N) is 2. The third-order valence-corrected chi connectivity index (χ3v) is 2.84. The number of hydrogen-bond acceptors (Lipinski definition) is 3. The number of nitrogens with two attached hydrogens (primary N) is 1. The molecule has 0 bridgehead atoms. The molecular weight excluding hydrogens is 346 g/mol. The van der Waals surface area contributed by atoms with Gasteiger partial charge in [-0.2, -0.15) is 0 Å². The van der Waals surface area contributed by atoms with Gasteiger partial charge in [0.15, 0.2) is 0 Å². The van der Waals surface area contributed by atoms with Gasteiger partial charge in [-0.1, -0.05) is 15.9 Å². The number of benzene rings is 1. The molecule has 4 N–H and O–H groups in total. The Hall–Kier alpha value is -1.11. The van der Waals surface area contributed by atoms with E-state index in [1.165, 1.54) is 0 Å². The Balaban J connectivity index is 0.00000361. The summed E-state index contributed by atoms with van der Waals surface area (Å²) in [6.07, 6.45) is 0.509. The number of anilines is 1. The number of carbonyl (C=O) groups is 2. The highest BCUT2D eigenvalue weighted by atomic mass is 79.9. The molecule has 2 amide bonds. The molecule has 1 aromatic rings. The lowest BCUT2D eigenvalue weighted by atomic mass is 10.2. The van der Waals surface area contributed by atoms with Gasteiger partial charge in [0.1, 0.15) is 0 Å². The molecule has 0 heterocycles. The second-order valence-electron chi connectivity index (χ2n) is 4.34. The summed E-state index contributed by atoms with van der Waals surface area (Å²) in [6, 6.07) is 7.13. The number of rotatable bonds is 6. The lowest BCUT2D eigenvalue weighted by Crippen LogP contribution is -2.32. The summed E-state index contributed by atoms with van der Waals surface area (Å²) in [5, 5.41) is 5.40. The molecule has 0 aliphatic carbocycles. The monoisotopic (exact) mass is 363 g/mol.